The summed E-state index contributed by atoms with van der Waals surface area (Å²) in [5.41, 5.74) is 1.94. The highest BCUT2D eigenvalue weighted by atomic mass is 14.8. The van der Waals surface area contributed by atoms with Crippen LogP contribution in [0.2, 0.25) is 0 Å². The van der Waals surface area contributed by atoms with E-state index in [0.29, 0.717) is 0 Å². The summed E-state index contributed by atoms with van der Waals surface area (Å²) in [6.07, 6.45) is 2.53. The molecule has 0 bridgehead atoms. The average molecular weight is 107 g/mol. The topological polar surface area (TPSA) is 25.8 Å². The lowest BCUT2D eigenvalue weighted by Gasteiger charge is -1.88. The number of aromatic nitrogens is 2. The highest BCUT2D eigenvalue weighted by Gasteiger charge is 1.84. The van der Waals surface area contributed by atoms with Crippen molar-refractivity contribution in [3.63, 3.8) is 0 Å². The Kier molecular flexibility index (Phi) is 1.24. The van der Waals surface area contributed by atoms with Gasteiger partial charge in [0.05, 0.1) is 0 Å². The van der Waals surface area contributed by atoms with Crippen molar-refractivity contribution >= 4 is 0 Å². The molecule has 0 amide bonds. The number of hydrogen-bond donors (Lipinski definition) is 0. The third kappa shape index (κ3) is 1.03. The molecule has 0 aliphatic heterocycles. The van der Waals surface area contributed by atoms with Gasteiger partial charge in [0, 0.05) is 11.4 Å². The molecule has 2 nitrogen and oxygen atoms in total. The zero-order valence-corrected chi connectivity index (χ0v) is 4.97. The lowest BCUT2D eigenvalue weighted by Crippen LogP contribution is -1.85. The molecule has 1 rings (SSSR count). The van der Waals surface area contributed by atoms with Crippen LogP contribution in [0.5, 0.6) is 0 Å². The van der Waals surface area contributed by atoms with Crippen molar-refractivity contribution < 1.29 is 0 Å². The molecule has 0 aliphatic rings. The fraction of sp³-hybridized carbons (Fsp3) is 0.333. The quantitative estimate of drug-likeness (QED) is 0.492. The maximum Gasteiger partial charge on any atom is 0.198 e. The molecule has 0 saturated carbocycles. The van der Waals surface area contributed by atoms with Crippen molar-refractivity contribution in [1.29, 1.82) is 0 Å². The van der Waals surface area contributed by atoms with E-state index < -0.39 is 0 Å². The van der Waals surface area contributed by atoms with Gasteiger partial charge < -0.3 is 0 Å². The summed E-state index contributed by atoms with van der Waals surface area (Å²) >= 11 is 0. The summed E-state index contributed by atoms with van der Waals surface area (Å²) in [5, 5.41) is 0. The summed E-state index contributed by atoms with van der Waals surface area (Å²) in [4.78, 5) is 7.61. The van der Waals surface area contributed by atoms with Crippen LogP contribution in [0.25, 0.3) is 0 Å². The van der Waals surface area contributed by atoms with E-state index in [-0.39, 0.29) is 0 Å². The Morgan fingerprint density at radius 3 is 2.00 bits per heavy atom. The van der Waals surface area contributed by atoms with Crippen LogP contribution < -0.4 is 0 Å². The van der Waals surface area contributed by atoms with E-state index in [1.54, 1.807) is 0 Å². The zero-order valence-electron chi connectivity index (χ0n) is 4.97. The van der Waals surface area contributed by atoms with E-state index in [0.717, 1.165) is 11.4 Å². The molecule has 2 heteroatoms. The molecule has 0 saturated heterocycles. The molecule has 1 aromatic heterocycles. The lowest BCUT2D eigenvalue weighted by atomic mass is 10.4. The Bertz CT molecular complexity index is 166. The van der Waals surface area contributed by atoms with Crippen LogP contribution in [0.15, 0.2) is 6.07 Å². The molecular weight excluding hydrogens is 100 g/mol. The second-order valence-electron chi connectivity index (χ2n) is 1.75. The number of rotatable bonds is 0. The molecule has 0 fully saturated rings. The van der Waals surface area contributed by atoms with E-state index in [9.17, 15) is 0 Å². The molecule has 0 aromatic carbocycles. The fourth-order valence-corrected chi connectivity index (χ4v) is 0.550. The molecule has 0 spiro atoms. The van der Waals surface area contributed by atoms with Gasteiger partial charge in [0.2, 0.25) is 0 Å². The first-order valence-electron chi connectivity index (χ1n) is 2.47. The fourth-order valence-electron chi connectivity index (χ4n) is 0.550. The summed E-state index contributed by atoms with van der Waals surface area (Å²) < 4.78 is 0. The van der Waals surface area contributed by atoms with E-state index in [2.05, 4.69) is 16.3 Å². The number of hydrogen-bond acceptors (Lipinski definition) is 2. The number of aryl methyl sites for hydroxylation is 2. The van der Waals surface area contributed by atoms with Gasteiger partial charge in [-0.2, -0.15) is 0 Å². The van der Waals surface area contributed by atoms with Crippen LogP contribution in [0.1, 0.15) is 11.4 Å². The van der Waals surface area contributed by atoms with Gasteiger partial charge in [0.1, 0.15) is 0 Å². The van der Waals surface area contributed by atoms with E-state index in [1.807, 2.05) is 19.9 Å². The number of nitrogens with zero attached hydrogens (tertiary/aromatic N) is 2. The highest BCUT2D eigenvalue weighted by molar-refractivity contribution is 5.02. The predicted molar refractivity (Wildman–Crippen MR) is 30.3 cm³/mol. The normalized spacial score (nSPS) is 9.25. The van der Waals surface area contributed by atoms with E-state index >= 15 is 0 Å². The van der Waals surface area contributed by atoms with Crippen molar-refractivity contribution in [2.24, 2.45) is 0 Å². The monoisotopic (exact) mass is 107 g/mol. The Balaban J connectivity index is 3.08. The van der Waals surface area contributed by atoms with Crippen LogP contribution in [0.4, 0.5) is 0 Å². The minimum absolute atomic E-state index is 0.970. The summed E-state index contributed by atoms with van der Waals surface area (Å²) in [6, 6.07) is 1.91. The largest absolute Gasteiger partial charge is 0.231 e. The molecule has 0 atom stereocenters. The lowest BCUT2D eigenvalue weighted by molar-refractivity contribution is 1.04. The van der Waals surface area contributed by atoms with Crippen molar-refractivity contribution in [2.75, 3.05) is 0 Å². The Labute approximate surface area is 48.6 Å². The van der Waals surface area contributed by atoms with Crippen molar-refractivity contribution in [3.8, 4) is 0 Å². The predicted octanol–water partition coefficient (Wildman–Crippen LogP) is 0.894. The van der Waals surface area contributed by atoms with Crippen LogP contribution in [-0.2, 0) is 0 Å². The molecule has 1 radical (unpaired) electrons. The van der Waals surface area contributed by atoms with Gasteiger partial charge >= 0.3 is 0 Å². The van der Waals surface area contributed by atoms with E-state index in [1.165, 1.54) is 0 Å². The van der Waals surface area contributed by atoms with Crippen LogP contribution in [-0.4, -0.2) is 9.97 Å². The van der Waals surface area contributed by atoms with Crippen molar-refractivity contribution in [2.45, 2.75) is 13.8 Å². The second-order valence-corrected chi connectivity index (χ2v) is 1.75. The molecule has 8 heavy (non-hydrogen) atoms. The molecule has 0 N–H and O–H groups in total. The third-order valence-electron chi connectivity index (χ3n) is 0.870. The van der Waals surface area contributed by atoms with Crippen LogP contribution >= 0.6 is 0 Å². The maximum absolute atomic E-state index is 3.80. The summed E-state index contributed by atoms with van der Waals surface area (Å²) in [5.74, 6) is 0. The van der Waals surface area contributed by atoms with Crippen molar-refractivity contribution in [1.82, 2.24) is 9.97 Å². The van der Waals surface area contributed by atoms with E-state index in [4.69, 9.17) is 0 Å². The Hall–Kier alpha value is -0.920. The second kappa shape index (κ2) is 1.90. The Morgan fingerprint density at radius 1 is 1.25 bits per heavy atom. The molecule has 1 heterocycles. The minimum Gasteiger partial charge on any atom is -0.231 e. The molecular formula is C6H7N2. The first-order valence-corrected chi connectivity index (χ1v) is 2.47. The molecule has 0 aliphatic carbocycles. The molecule has 1 aromatic rings. The minimum atomic E-state index is 0.970. The summed E-state index contributed by atoms with van der Waals surface area (Å²) in [7, 11) is 0. The molecule has 41 valence electrons. The smallest absolute Gasteiger partial charge is 0.198 e. The average Bonchev–Trinajstić information content (AvgIpc) is 1.64. The summed E-state index contributed by atoms with van der Waals surface area (Å²) in [6.45, 7) is 3.84. The van der Waals surface area contributed by atoms with Crippen molar-refractivity contribution in [3.05, 3.63) is 23.8 Å². The van der Waals surface area contributed by atoms with Gasteiger partial charge in [-0.15, -0.1) is 0 Å². The van der Waals surface area contributed by atoms with Gasteiger partial charge in [-0.25, -0.2) is 9.97 Å². The maximum atomic E-state index is 3.80. The van der Waals surface area contributed by atoms with Gasteiger partial charge in [-0.05, 0) is 19.9 Å². The van der Waals surface area contributed by atoms with Gasteiger partial charge in [-0.1, -0.05) is 0 Å². The first-order chi connectivity index (χ1) is 3.79. The Morgan fingerprint density at radius 2 is 1.75 bits per heavy atom. The van der Waals surface area contributed by atoms with Gasteiger partial charge in [0.15, 0.2) is 6.33 Å². The SMILES string of the molecule is Cc1cc(C)n[c]n1. The zero-order chi connectivity index (χ0) is 5.98. The molecule has 0 unspecified atom stereocenters. The standard InChI is InChI=1S/C6H7N2/c1-5-3-6(2)8-4-7-5/h3H,1-2H3. The van der Waals surface area contributed by atoms with Crippen LogP contribution in [0.3, 0.4) is 0 Å². The van der Waals surface area contributed by atoms with Gasteiger partial charge in [-0.3, -0.25) is 0 Å². The third-order valence-corrected chi connectivity index (χ3v) is 0.870. The first kappa shape index (κ1) is 5.22. The highest BCUT2D eigenvalue weighted by Crippen LogP contribution is 1.90. The van der Waals surface area contributed by atoms with Gasteiger partial charge in [0.25, 0.3) is 0 Å². The van der Waals surface area contributed by atoms with Crippen LogP contribution in [0, 0.1) is 20.2 Å².